The number of nitrogens with one attached hydrogen (secondary N) is 2. The lowest BCUT2D eigenvalue weighted by atomic mass is 10.1. The minimum atomic E-state index is -4.80. The van der Waals surface area contributed by atoms with Crippen LogP contribution < -0.4 is 15.5 Å². The van der Waals surface area contributed by atoms with E-state index >= 15 is 0 Å². The Labute approximate surface area is 228 Å². The van der Waals surface area contributed by atoms with Gasteiger partial charge >= 0.3 is 6.36 Å². The van der Waals surface area contributed by atoms with E-state index in [0.29, 0.717) is 39.6 Å². The molecule has 0 spiro atoms. The molecule has 0 unspecified atom stereocenters. The van der Waals surface area contributed by atoms with Gasteiger partial charge < -0.3 is 15.2 Å². The van der Waals surface area contributed by atoms with Gasteiger partial charge in [0.1, 0.15) is 11.5 Å². The number of pyridine rings is 1. The Kier molecular flexibility index (Phi) is 8.62. The molecule has 0 saturated carbocycles. The Morgan fingerprint density at radius 1 is 1.08 bits per heavy atom. The van der Waals surface area contributed by atoms with E-state index in [1.54, 1.807) is 30.8 Å². The maximum absolute atomic E-state index is 12.6. The molecule has 0 bridgehead atoms. The van der Waals surface area contributed by atoms with Gasteiger partial charge in [0.15, 0.2) is 0 Å². The van der Waals surface area contributed by atoms with Crippen LogP contribution >= 0.6 is 22.7 Å². The molecule has 0 aliphatic carbocycles. The number of amides is 2. The lowest BCUT2D eigenvalue weighted by Crippen LogP contribution is -2.24. The molecule has 0 aliphatic heterocycles. The molecule has 13 heteroatoms. The first-order valence-corrected chi connectivity index (χ1v) is 13.1. The van der Waals surface area contributed by atoms with Crippen LogP contribution in [0.4, 0.5) is 13.2 Å². The molecule has 202 valence electrons. The molecule has 2 amide bonds. The molecule has 0 radical (unpaired) electrons. The fraction of sp³-hybridized carbons (Fsp3) is 0.154. The number of carbonyl (C=O) groups is 2. The highest BCUT2D eigenvalue weighted by Crippen LogP contribution is 2.39. The van der Waals surface area contributed by atoms with E-state index in [1.165, 1.54) is 29.5 Å². The molecule has 3 aromatic heterocycles. The monoisotopic (exact) mass is 574 g/mol. The van der Waals surface area contributed by atoms with E-state index in [0.717, 1.165) is 29.0 Å². The van der Waals surface area contributed by atoms with Gasteiger partial charge in [-0.3, -0.25) is 14.6 Å². The Balaban J connectivity index is 1.34. The SMILES string of the molecule is CC(=NNC(=O)c1ccc(C(=O)NCCc2cccnc2)s1)c1csc(-c2ccc(OC(F)(F)F)cc2)c1O. The summed E-state index contributed by atoms with van der Waals surface area (Å²) in [6.45, 7) is 2.01. The number of hydrazone groups is 1. The second kappa shape index (κ2) is 12.1. The Hall–Kier alpha value is -4.23. The van der Waals surface area contributed by atoms with Crippen molar-refractivity contribution < 1.29 is 32.6 Å². The van der Waals surface area contributed by atoms with E-state index in [-0.39, 0.29) is 22.3 Å². The largest absolute Gasteiger partial charge is 0.573 e. The minimum absolute atomic E-state index is 0.124. The Bertz CT molecular complexity index is 1480. The van der Waals surface area contributed by atoms with Crippen LogP contribution in [0.1, 0.15) is 37.4 Å². The Morgan fingerprint density at radius 2 is 1.79 bits per heavy atom. The molecule has 3 N–H and O–H groups in total. The Morgan fingerprint density at radius 3 is 2.46 bits per heavy atom. The lowest BCUT2D eigenvalue weighted by Gasteiger charge is -2.09. The summed E-state index contributed by atoms with van der Waals surface area (Å²) in [5.41, 5.74) is 4.55. The maximum atomic E-state index is 12.6. The van der Waals surface area contributed by atoms with Gasteiger partial charge in [0.2, 0.25) is 0 Å². The van der Waals surface area contributed by atoms with Crippen molar-refractivity contribution >= 4 is 40.2 Å². The van der Waals surface area contributed by atoms with Crippen molar-refractivity contribution in [2.45, 2.75) is 19.7 Å². The van der Waals surface area contributed by atoms with Crippen molar-refractivity contribution in [3.8, 4) is 21.9 Å². The zero-order valence-electron chi connectivity index (χ0n) is 20.3. The summed E-state index contributed by atoms with van der Waals surface area (Å²) in [5, 5.41) is 19.1. The summed E-state index contributed by atoms with van der Waals surface area (Å²) in [4.78, 5) is 30.1. The first-order valence-electron chi connectivity index (χ1n) is 11.4. The number of ether oxygens (including phenoxy) is 1. The van der Waals surface area contributed by atoms with Crippen LogP contribution in [0.2, 0.25) is 0 Å². The smallest absolute Gasteiger partial charge is 0.506 e. The van der Waals surface area contributed by atoms with E-state index in [2.05, 4.69) is 25.6 Å². The molecule has 4 rings (SSSR count). The summed E-state index contributed by atoms with van der Waals surface area (Å²) < 4.78 is 41.0. The number of alkyl halides is 3. The molecule has 1 aromatic carbocycles. The number of rotatable bonds is 9. The zero-order chi connectivity index (χ0) is 28.0. The third-order valence-corrected chi connectivity index (χ3v) is 7.41. The first-order chi connectivity index (χ1) is 18.6. The normalized spacial score (nSPS) is 11.7. The highest BCUT2D eigenvalue weighted by molar-refractivity contribution is 7.16. The number of halogens is 3. The van der Waals surface area contributed by atoms with Crippen LogP contribution in [-0.4, -0.2) is 40.5 Å². The molecule has 8 nitrogen and oxygen atoms in total. The average molecular weight is 575 g/mol. The summed E-state index contributed by atoms with van der Waals surface area (Å²) in [7, 11) is 0. The molecule has 0 fully saturated rings. The topological polar surface area (TPSA) is 113 Å². The van der Waals surface area contributed by atoms with Gasteiger partial charge in [-0.1, -0.05) is 6.07 Å². The first kappa shape index (κ1) is 27.8. The molecule has 0 aliphatic rings. The van der Waals surface area contributed by atoms with Gasteiger partial charge in [-0.05, 0) is 66.9 Å². The molecular formula is C26H21F3N4O4S2. The van der Waals surface area contributed by atoms with Gasteiger partial charge in [0, 0.05) is 24.3 Å². The van der Waals surface area contributed by atoms with Crippen LogP contribution in [-0.2, 0) is 6.42 Å². The van der Waals surface area contributed by atoms with Crippen molar-refractivity contribution in [1.29, 1.82) is 0 Å². The molecule has 0 atom stereocenters. The zero-order valence-corrected chi connectivity index (χ0v) is 21.9. The lowest BCUT2D eigenvalue weighted by molar-refractivity contribution is -0.274. The van der Waals surface area contributed by atoms with Crippen molar-refractivity contribution in [3.63, 3.8) is 0 Å². The third-order valence-electron chi connectivity index (χ3n) is 5.31. The molecular weight excluding hydrogens is 553 g/mol. The third kappa shape index (κ3) is 7.42. The fourth-order valence-corrected chi connectivity index (χ4v) is 5.23. The number of nitrogens with zero attached hydrogens (tertiary/aromatic N) is 2. The second-order valence-electron chi connectivity index (χ2n) is 8.07. The number of hydrogen-bond acceptors (Lipinski definition) is 8. The predicted octanol–water partition coefficient (Wildman–Crippen LogP) is 5.60. The summed E-state index contributed by atoms with van der Waals surface area (Å²) in [6, 6.07) is 11.9. The standard InChI is InChI=1S/C26H21F3N4O4S2/c1-15(19-14-38-23(22(19)34)17-4-6-18(7-5-17)37-26(27,28)29)32-33-25(36)21-9-8-20(39-21)24(35)31-12-10-16-3-2-11-30-13-16/h2-9,11,13-14,34H,10,12H2,1H3,(H,31,35)(H,33,36). The van der Waals surface area contributed by atoms with Gasteiger partial charge in [-0.25, -0.2) is 5.43 Å². The minimum Gasteiger partial charge on any atom is -0.506 e. The second-order valence-corrected chi connectivity index (χ2v) is 10.0. The number of benzene rings is 1. The van der Waals surface area contributed by atoms with Crippen molar-refractivity contribution in [2.24, 2.45) is 5.10 Å². The number of thiophene rings is 2. The molecule has 3 heterocycles. The van der Waals surface area contributed by atoms with E-state index in [1.807, 2.05) is 12.1 Å². The van der Waals surface area contributed by atoms with Crippen molar-refractivity contribution in [3.05, 3.63) is 87.2 Å². The van der Waals surface area contributed by atoms with Crippen molar-refractivity contribution in [1.82, 2.24) is 15.7 Å². The molecule has 39 heavy (non-hydrogen) atoms. The predicted molar refractivity (Wildman–Crippen MR) is 142 cm³/mol. The van der Waals surface area contributed by atoms with Crippen LogP contribution in [0.25, 0.3) is 10.4 Å². The van der Waals surface area contributed by atoms with Crippen molar-refractivity contribution in [2.75, 3.05) is 6.54 Å². The number of carbonyl (C=O) groups excluding carboxylic acids is 2. The van der Waals surface area contributed by atoms with Gasteiger partial charge in [-0.15, -0.1) is 35.8 Å². The van der Waals surface area contributed by atoms with Gasteiger partial charge in [0.25, 0.3) is 11.8 Å². The van der Waals surface area contributed by atoms with Crippen LogP contribution in [0, 0.1) is 0 Å². The highest BCUT2D eigenvalue weighted by Gasteiger charge is 2.31. The summed E-state index contributed by atoms with van der Waals surface area (Å²) >= 11 is 2.18. The van der Waals surface area contributed by atoms with Crippen LogP contribution in [0.3, 0.4) is 0 Å². The molecule has 0 saturated heterocycles. The maximum Gasteiger partial charge on any atom is 0.573 e. The quantitative estimate of drug-likeness (QED) is 0.178. The number of aromatic hydroxyl groups is 1. The number of hydrogen-bond donors (Lipinski definition) is 3. The average Bonchev–Trinajstić information content (AvgIpc) is 3.55. The highest BCUT2D eigenvalue weighted by atomic mass is 32.1. The van der Waals surface area contributed by atoms with E-state index < -0.39 is 12.3 Å². The van der Waals surface area contributed by atoms with Gasteiger partial charge in [-0.2, -0.15) is 5.10 Å². The van der Waals surface area contributed by atoms with Crippen LogP contribution in [0.5, 0.6) is 11.5 Å². The van der Waals surface area contributed by atoms with Crippen LogP contribution in [0.15, 0.2) is 71.4 Å². The fourth-order valence-electron chi connectivity index (χ4n) is 3.41. The van der Waals surface area contributed by atoms with E-state index in [4.69, 9.17) is 0 Å². The number of aromatic nitrogens is 1. The van der Waals surface area contributed by atoms with Gasteiger partial charge in [0.05, 0.1) is 25.9 Å². The van der Waals surface area contributed by atoms with E-state index in [9.17, 15) is 27.9 Å². The molecule has 4 aromatic rings. The summed E-state index contributed by atoms with van der Waals surface area (Å²) in [5.74, 6) is -1.32. The summed E-state index contributed by atoms with van der Waals surface area (Å²) in [6.07, 6.45) is -0.765.